The van der Waals surface area contributed by atoms with E-state index >= 15 is 0 Å². The maximum Gasteiger partial charge on any atom is 0.330 e. The minimum absolute atomic E-state index is 0.0817. The van der Waals surface area contributed by atoms with Crippen LogP contribution in [-0.2, 0) is 28.1 Å². The predicted molar refractivity (Wildman–Crippen MR) is 214 cm³/mol. The van der Waals surface area contributed by atoms with Crippen LogP contribution in [0, 0.1) is 11.8 Å². The second-order valence-electron chi connectivity index (χ2n) is 16.4. The molecule has 0 aromatic rings. The van der Waals surface area contributed by atoms with Crippen molar-refractivity contribution in [2.75, 3.05) is 47.5 Å². The van der Waals surface area contributed by atoms with Crippen molar-refractivity contribution in [2.45, 2.75) is 201 Å². The van der Waals surface area contributed by atoms with Crippen molar-refractivity contribution in [3.63, 3.8) is 0 Å². The molecule has 0 radical (unpaired) electrons. The zero-order valence-electron chi connectivity index (χ0n) is 34.7. The lowest BCUT2D eigenvalue weighted by Crippen LogP contribution is -2.37. The van der Waals surface area contributed by atoms with Gasteiger partial charge in [-0.1, -0.05) is 169 Å². The maximum atomic E-state index is 12.7. The normalized spacial score (nSPS) is 14.3. The molecular formula is C42H85NO7P+. The summed E-state index contributed by atoms with van der Waals surface area (Å²) < 4.78 is 22.8. The maximum absolute atomic E-state index is 12.7. The Labute approximate surface area is 317 Å². The number of unbranched alkanes of at least 4 members (excludes halogenated alkanes) is 18. The van der Waals surface area contributed by atoms with Crippen molar-refractivity contribution in [2.24, 2.45) is 11.8 Å². The molecule has 4 unspecified atom stereocenters. The van der Waals surface area contributed by atoms with Gasteiger partial charge in [-0.25, -0.2) is 0 Å². The average molecular weight is 747 g/mol. The Bertz CT molecular complexity index is 794. The fourth-order valence-corrected chi connectivity index (χ4v) is 6.56. The largest absolute Gasteiger partial charge is 0.462 e. The van der Waals surface area contributed by atoms with Crippen LogP contribution in [0.3, 0.4) is 0 Å². The van der Waals surface area contributed by atoms with Gasteiger partial charge in [-0.3, -0.25) is 9.59 Å². The van der Waals surface area contributed by atoms with E-state index in [1.807, 2.05) is 21.1 Å². The van der Waals surface area contributed by atoms with Gasteiger partial charge in [-0.15, -0.1) is 0 Å². The first-order valence-electron chi connectivity index (χ1n) is 21.4. The highest BCUT2D eigenvalue weighted by Crippen LogP contribution is 2.33. The molecule has 8 nitrogen and oxygen atoms in total. The Kier molecular flexibility index (Phi) is 34.4. The highest BCUT2D eigenvalue weighted by atomic mass is 31.2. The molecule has 0 saturated carbocycles. The fourth-order valence-electron chi connectivity index (χ4n) is 5.96. The standard InChI is InChI=1S/C42H85NO7P/c1-8-38(3)30-26-22-18-14-10-12-16-20-24-28-32-41(44)47-36-40(37-49-51(46)48-35-34-43(5,6)7)50-42(45)33-29-25-21-17-13-11-15-19-23-27-31-39(4)9-2/h38-40,46H,8-37H2,1-7H3/q+1. The van der Waals surface area contributed by atoms with Gasteiger partial charge in [0, 0.05) is 12.8 Å². The zero-order valence-corrected chi connectivity index (χ0v) is 35.6. The van der Waals surface area contributed by atoms with Crippen LogP contribution >= 0.6 is 8.60 Å². The van der Waals surface area contributed by atoms with Crippen molar-refractivity contribution in [1.29, 1.82) is 0 Å². The molecule has 0 spiro atoms. The second kappa shape index (κ2) is 34.9. The third kappa shape index (κ3) is 37.3. The summed E-state index contributed by atoms with van der Waals surface area (Å²) in [6, 6.07) is 0. The van der Waals surface area contributed by atoms with Crippen LogP contribution in [0.2, 0.25) is 0 Å². The van der Waals surface area contributed by atoms with E-state index in [-0.39, 0.29) is 25.2 Å². The number of esters is 2. The molecular weight excluding hydrogens is 661 g/mol. The molecule has 0 aromatic heterocycles. The van der Waals surface area contributed by atoms with Crippen LogP contribution in [0.4, 0.5) is 0 Å². The summed E-state index contributed by atoms with van der Waals surface area (Å²) >= 11 is 0. The van der Waals surface area contributed by atoms with Crippen molar-refractivity contribution in [1.82, 2.24) is 0 Å². The minimum atomic E-state index is -2.11. The first-order valence-corrected chi connectivity index (χ1v) is 22.5. The van der Waals surface area contributed by atoms with Gasteiger partial charge in [0.25, 0.3) is 0 Å². The minimum Gasteiger partial charge on any atom is -0.462 e. The summed E-state index contributed by atoms with van der Waals surface area (Å²) in [5.41, 5.74) is 0. The molecule has 9 heteroatoms. The molecule has 0 fully saturated rings. The SMILES string of the molecule is CCC(C)CCCCCCCCCCCCC(=O)OCC(COP(O)OCC[N+](C)(C)C)OC(=O)CCCCCCCCCCCCC(C)CC. The fraction of sp³-hybridized carbons (Fsp3) is 0.952. The molecule has 304 valence electrons. The van der Waals surface area contributed by atoms with Gasteiger partial charge in [-0.05, 0) is 24.7 Å². The molecule has 51 heavy (non-hydrogen) atoms. The Morgan fingerprint density at radius 2 is 0.961 bits per heavy atom. The smallest absolute Gasteiger partial charge is 0.330 e. The van der Waals surface area contributed by atoms with E-state index in [0.717, 1.165) is 56.9 Å². The number of carbonyl (C=O) groups excluding carboxylic acids is 2. The molecule has 0 aliphatic rings. The van der Waals surface area contributed by atoms with Gasteiger partial charge in [0.15, 0.2) is 6.10 Å². The number of nitrogens with zero attached hydrogens (tertiary/aromatic N) is 1. The lowest BCUT2D eigenvalue weighted by Gasteiger charge is -2.24. The predicted octanol–water partition coefficient (Wildman–Crippen LogP) is 11.9. The van der Waals surface area contributed by atoms with Gasteiger partial charge in [0.05, 0.1) is 27.7 Å². The first-order chi connectivity index (χ1) is 24.5. The van der Waals surface area contributed by atoms with Crippen molar-refractivity contribution in [3.05, 3.63) is 0 Å². The second-order valence-corrected chi connectivity index (χ2v) is 17.3. The molecule has 0 heterocycles. The van der Waals surface area contributed by atoms with Crippen LogP contribution in [0.1, 0.15) is 195 Å². The quantitative estimate of drug-likeness (QED) is 0.0291. The summed E-state index contributed by atoms with van der Waals surface area (Å²) in [5.74, 6) is 1.12. The van der Waals surface area contributed by atoms with Gasteiger partial charge in [0.1, 0.15) is 19.8 Å². The molecule has 4 atom stereocenters. The summed E-state index contributed by atoms with van der Waals surface area (Å²) in [5, 5.41) is 0. The number of rotatable bonds is 38. The molecule has 0 amide bonds. The lowest BCUT2D eigenvalue weighted by molar-refractivity contribution is -0.870. The first kappa shape index (κ1) is 50.2. The summed E-state index contributed by atoms with van der Waals surface area (Å²) in [4.78, 5) is 35.3. The van der Waals surface area contributed by atoms with Gasteiger partial charge >= 0.3 is 20.5 Å². The van der Waals surface area contributed by atoms with E-state index in [1.165, 1.54) is 116 Å². The highest BCUT2D eigenvalue weighted by molar-refractivity contribution is 7.40. The van der Waals surface area contributed by atoms with E-state index in [2.05, 4.69) is 27.7 Å². The summed E-state index contributed by atoms with van der Waals surface area (Å²) in [7, 11) is 4.02. The van der Waals surface area contributed by atoms with Crippen LogP contribution < -0.4 is 0 Å². The van der Waals surface area contributed by atoms with Crippen molar-refractivity contribution < 1.29 is 37.5 Å². The summed E-state index contributed by atoms with van der Waals surface area (Å²) in [6.45, 7) is 10.2. The van der Waals surface area contributed by atoms with Crippen LogP contribution in [-0.4, -0.2) is 74.9 Å². The molecule has 0 rings (SSSR count). The Hall–Kier alpha value is -0.790. The monoisotopic (exact) mass is 747 g/mol. The number of hydrogen-bond acceptors (Lipinski definition) is 7. The van der Waals surface area contributed by atoms with E-state index < -0.39 is 14.7 Å². The van der Waals surface area contributed by atoms with E-state index in [0.29, 0.717) is 23.9 Å². The number of carbonyl (C=O) groups is 2. The molecule has 0 aromatic carbocycles. The van der Waals surface area contributed by atoms with Crippen LogP contribution in [0.15, 0.2) is 0 Å². The van der Waals surface area contributed by atoms with E-state index in [9.17, 15) is 14.5 Å². The topological polar surface area (TPSA) is 91.3 Å². The number of ether oxygens (including phenoxy) is 2. The molecule has 0 saturated heterocycles. The lowest BCUT2D eigenvalue weighted by atomic mass is 9.99. The van der Waals surface area contributed by atoms with Gasteiger partial charge in [0.2, 0.25) is 0 Å². The Morgan fingerprint density at radius 1 is 0.569 bits per heavy atom. The summed E-state index contributed by atoms with van der Waals surface area (Å²) in [6.07, 6.45) is 29.5. The van der Waals surface area contributed by atoms with Crippen molar-refractivity contribution in [3.8, 4) is 0 Å². The van der Waals surface area contributed by atoms with E-state index in [4.69, 9.17) is 18.5 Å². The number of likely N-dealkylation sites (N-methyl/N-ethyl adjacent to an activating group) is 1. The van der Waals surface area contributed by atoms with E-state index in [1.54, 1.807) is 0 Å². The zero-order chi connectivity index (χ0) is 38.0. The Morgan fingerprint density at radius 3 is 1.37 bits per heavy atom. The Balaban J connectivity index is 4.25. The van der Waals surface area contributed by atoms with Gasteiger partial charge < -0.3 is 27.9 Å². The molecule has 0 aliphatic heterocycles. The van der Waals surface area contributed by atoms with Crippen LogP contribution in [0.5, 0.6) is 0 Å². The number of hydrogen-bond donors (Lipinski definition) is 1. The third-order valence-corrected chi connectivity index (χ3v) is 10.9. The highest BCUT2D eigenvalue weighted by Gasteiger charge is 2.21. The number of quaternary nitrogens is 1. The molecule has 0 bridgehead atoms. The van der Waals surface area contributed by atoms with Gasteiger partial charge in [-0.2, -0.15) is 0 Å². The average Bonchev–Trinajstić information content (AvgIpc) is 3.09. The molecule has 1 N–H and O–H groups in total. The van der Waals surface area contributed by atoms with Crippen molar-refractivity contribution >= 4 is 20.5 Å². The molecule has 0 aliphatic carbocycles. The third-order valence-electron chi connectivity index (χ3n) is 10.1. The van der Waals surface area contributed by atoms with Crippen LogP contribution in [0.25, 0.3) is 0 Å².